The Hall–Kier alpha value is -4.11. The third kappa shape index (κ3) is 4.58. The van der Waals surface area contributed by atoms with Crippen molar-refractivity contribution in [3.05, 3.63) is 87.3 Å². The van der Waals surface area contributed by atoms with E-state index in [1.54, 1.807) is 4.57 Å². The third-order valence-corrected chi connectivity index (χ3v) is 7.17. The van der Waals surface area contributed by atoms with E-state index in [9.17, 15) is 19.1 Å². The Balaban J connectivity index is 1.31. The van der Waals surface area contributed by atoms with E-state index in [1.807, 2.05) is 36.4 Å². The number of carboxylic acid groups (broad SMARTS) is 1. The highest BCUT2D eigenvalue weighted by Gasteiger charge is 2.25. The zero-order valence-electron chi connectivity index (χ0n) is 20.2. The van der Waals surface area contributed by atoms with Gasteiger partial charge in [0.1, 0.15) is 11.7 Å². The fraction of sp³-hybridized carbons (Fsp3) is 0.286. The van der Waals surface area contributed by atoms with Gasteiger partial charge in [-0.05, 0) is 66.6 Å². The lowest BCUT2D eigenvalue weighted by atomic mass is 10.1. The van der Waals surface area contributed by atoms with Crippen LogP contribution >= 0.6 is 0 Å². The van der Waals surface area contributed by atoms with Crippen LogP contribution in [0.3, 0.4) is 0 Å². The number of pyridine rings is 1. The van der Waals surface area contributed by atoms with Crippen molar-refractivity contribution >= 4 is 28.6 Å². The van der Waals surface area contributed by atoms with Gasteiger partial charge in [-0.1, -0.05) is 18.2 Å². The molecular formula is C28H26FN5O3. The van der Waals surface area contributed by atoms with Gasteiger partial charge in [-0.25, -0.2) is 14.2 Å². The first-order chi connectivity index (χ1) is 17.9. The Kier molecular flexibility index (Phi) is 5.92. The Bertz CT molecular complexity index is 1560. The first-order valence-corrected chi connectivity index (χ1v) is 12.4. The van der Waals surface area contributed by atoms with Crippen molar-refractivity contribution < 1.29 is 14.3 Å². The van der Waals surface area contributed by atoms with Crippen LogP contribution in [0.1, 0.15) is 33.5 Å². The van der Waals surface area contributed by atoms with Crippen molar-refractivity contribution in [2.45, 2.75) is 31.9 Å². The molecule has 2 N–H and O–H groups in total. The smallest absolute Gasteiger partial charge is 0.341 e. The van der Waals surface area contributed by atoms with Crippen LogP contribution in [0.5, 0.6) is 0 Å². The number of hydrogen-bond donors (Lipinski definition) is 2. The van der Waals surface area contributed by atoms with E-state index >= 15 is 0 Å². The molecule has 0 bridgehead atoms. The molecule has 8 nitrogen and oxygen atoms in total. The van der Waals surface area contributed by atoms with E-state index in [0.29, 0.717) is 24.7 Å². The largest absolute Gasteiger partial charge is 0.477 e. The van der Waals surface area contributed by atoms with Gasteiger partial charge in [0.25, 0.3) is 0 Å². The number of nitrogens with one attached hydrogen (secondary N) is 1. The number of nitrogens with zero attached hydrogens (tertiary/aromatic N) is 4. The molecule has 0 amide bonds. The standard InChI is InChI=1S/C28H26FN5O3/c29-20-14-33(15-20)11-10-17-4-7-21(8-5-17)31-28-30-13-23-25(35)24(27(36)37)16-34(26(23)32-28)22-9-6-18-2-1-3-19(18)12-22/h4-9,12-13,16,20H,1-3,10-11,14-15H2,(H,36,37)(H,30,31,32). The van der Waals surface area contributed by atoms with Gasteiger partial charge in [0, 0.05) is 43.4 Å². The summed E-state index contributed by atoms with van der Waals surface area (Å²) >= 11 is 0. The van der Waals surface area contributed by atoms with Gasteiger partial charge in [-0.2, -0.15) is 4.98 Å². The van der Waals surface area contributed by atoms with Crippen molar-refractivity contribution in [1.29, 1.82) is 0 Å². The quantitative estimate of drug-likeness (QED) is 0.398. The highest BCUT2D eigenvalue weighted by molar-refractivity contribution is 5.92. The first-order valence-electron chi connectivity index (χ1n) is 12.4. The zero-order chi connectivity index (χ0) is 25.5. The number of aromatic carboxylic acids is 1. The van der Waals surface area contributed by atoms with Crippen molar-refractivity contribution in [1.82, 2.24) is 19.4 Å². The van der Waals surface area contributed by atoms with Gasteiger partial charge in [-0.15, -0.1) is 0 Å². The first kappa shape index (κ1) is 23.3. The summed E-state index contributed by atoms with van der Waals surface area (Å²) in [5.41, 5.74) is 4.61. The number of rotatable bonds is 7. The Morgan fingerprint density at radius 1 is 1.11 bits per heavy atom. The molecule has 0 radical (unpaired) electrons. The lowest BCUT2D eigenvalue weighted by Gasteiger charge is -2.34. The van der Waals surface area contributed by atoms with Gasteiger partial charge in [-0.3, -0.25) is 9.69 Å². The molecule has 9 heteroatoms. The predicted octanol–water partition coefficient (Wildman–Crippen LogP) is 3.91. The summed E-state index contributed by atoms with van der Waals surface area (Å²) in [6.45, 7) is 1.87. The van der Waals surface area contributed by atoms with Crippen LogP contribution in [-0.2, 0) is 19.3 Å². The molecule has 0 atom stereocenters. The lowest BCUT2D eigenvalue weighted by Crippen LogP contribution is -2.48. The Labute approximate surface area is 212 Å². The molecule has 2 aliphatic rings. The van der Waals surface area contributed by atoms with Crippen LogP contribution in [0.15, 0.2) is 59.7 Å². The molecule has 37 heavy (non-hydrogen) atoms. The Morgan fingerprint density at radius 2 is 1.89 bits per heavy atom. The number of halogens is 1. The number of alkyl halides is 1. The van der Waals surface area contributed by atoms with Crippen LogP contribution in [-0.4, -0.2) is 56.3 Å². The van der Waals surface area contributed by atoms with E-state index in [1.165, 1.54) is 23.5 Å². The number of benzene rings is 2. The summed E-state index contributed by atoms with van der Waals surface area (Å²) < 4.78 is 14.7. The van der Waals surface area contributed by atoms with Crippen LogP contribution in [0, 0.1) is 0 Å². The summed E-state index contributed by atoms with van der Waals surface area (Å²) in [5, 5.41) is 13.0. The average molecular weight is 500 g/mol. The van der Waals surface area contributed by atoms with E-state index in [2.05, 4.69) is 26.3 Å². The summed E-state index contributed by atoms with van der Waals surface area (Å²) in [4.78, 5) is 35.7. The number of carboxylic acids is 1. The van der Waals surface area contributed by atoms with Gasteiger partial charge >= 0.3 is 5.97 Å². The Morgan fingerprint density at radius 3 is 2.65 bits per heavy atom. The van der Waals surface area contributed by atoms with Gasteiger partial charge < -0.3 is 15.0 Å². The molecule has 0 unspecified atom stereocenters. The summed E-state index contributed by atoms with van der Waals surface area (Å²) in [5.74, 6) is -0.991. The fourth-order valence-electron chi connectivity index (χ4n) is 5.09. The minimum Gasteiger partial charge on any atom is -0.477 e. The lowest BCUT2D eigenvalue weighted by molar-refractivity contribution is 0.0670. The van der Waals surface area contributed by atoms with E-state index in [4.69, 9.17) is 0 Å². The zero-order valence-corrected chi connectivity index (χ0v) is 20.2. The molecule has 188 valence electrons. The molecule has 0 saturated carbocycles. The summed E-state index contributed by atoms with van der Waals surface area (Å²) in [6, 6.07) is 13.9. The molecule has 1 aliphatic heterocycles. The summed E-state index contributed by atoms with van der Waals surface area (Å²) in [7, 11) is 0. The number of hydrogen-bond acceptors (Lipinski definition) is 6. The molecule has 2 aromatic carbocycles. The van der Waals surface area contributed by atoms with E-state index < -0.39 is 17.6 Å². The second-order valence-electron chi connectivity index (χ2n) is 9.71. The van der Waals surface area contributed by atoms with Crippen molar-refractivity contribution in [3.8, 4) is 5.69 Å². The molecule has 1 aliphatic carbocycles. The minimum atomic E-state index is -1.29. The molecule has 1 saturated heterocycles. The maximum Gasteiger partial charge on any atom is 0.341 e. The van der Waals surface area contributed by atoms with Crippen molar-refractivity contribution in [2.24, 2.45) is 0 Å². The predicted molar refractivity (Wildman–Crippen MR) is 139 cm³/mol. The molecule has 4 aromatic rings. The molecular weight excluding hydrogens is 473 g/mol. The van der Waals surface area contributed by atoms with E-state index in [0.717, 1.165) is 49.2 Å². The maximum atomic E-state index is 13.0. The number of aromatic nitrogens is 3. The van der Waals surface area contributed by atoms with Crippen LogP contribution in [0.4, 0.5) is 16.0 Å². The van der Waals surface area contributed by atoms with Gasteiger partial charge in [0.2, 0.25) is 11.4 Å². The highest BCUT2D eigenvalue weighted by Crippen LogP contribution is 2.26. The third-order valence-electron chi connectivity index (χ3n) is 7.17. The normalized spacial score (nSPS) is 15.5. The monoisotopic (exact) mass is 499 g/mol. The van der Waals surface area contributed by atoms with Gasteiger partial charge in [0.05, 0.1) is 5.39 Å². The molecule has 2 aromatic heterocycles. The fourth-order valence-corrected chi connectivity index (χ4v) is 5.09. The second kappa shape index (κ2) is 9.40. The minimum absolute atomic E-state index is 0.141. The topological polar surface area (TPSA) is 100 Å². The van der Waals surface area contributed by atoms with Gasteiger partial charge in [0.15, 0.2) is 5.65 Å². The van der Waals surface area contributed by atoms with Crippen LogP contribution in [0.2, 0.25) is 0 Å². The summed E-state index contributed by atoms with van der Waals surface area (Å²) in [6.07, 6.45) is 5.98. The molecule has 3 heterocycles. The average Bonchev–Trinajstić information content (AvgIpc) is 3.35. The maximum absolute atomic E-state index is 13.0. The van der Waals surface area contributed by atoms with Crippen LogP contribution < -0.4 is 10.7 Å². The number of anilines is 2. The highest BCUT2D eigenvalue weighted by atomic mass is 19.1. The SMILES string of the molecule is O=C(O)c1cn(-c2ccc3c(c2)CCC3)c2nc(Nc3ccc(CCN4CC(F)C4)cc3)ncc2c1=O. The number of carbonyl (C=O) groups is 1. The molecule has 1 fully saturated rings. The number of likely N-dealkylation sites (tertiary alicyclic amines) is 1. The number of aryl methyl sites for hydroxylation is 2. The van der Waals surface area contributed by atoms with Crippen molar-refractivity contribution in [2.75, 3.05) is 25.0 Å². The number of fused-ring (bicyclic) bond motifs is 2. The van der Waals surface area contributed by atoms with Crippen LogP contribution in [0.25, 0.3) is 16.7 Å². The molecule has 0 spiro atoms. The second-order valence-corrected chi connectivity index (χ2v) is 9.71. The molecule has 6 rings (SSSR count). The van der Waals surface area contributed by atoms with E-state index in [-0.39, 0.29) is 10.9 Å². The van der Waals surface area contributed by atoms with Crippen molar-refractivity contribution in [3.63, 3.8) is 0 Å².